The normalized spacial score (nSPS) is 16.4. The molecule has 9 nitrogen and oxygen atoms in total. The highest BCUT2D eigenvalue weighted by molar-refractivity contribution is 6.46. The Morgan fingerprint density at radius 2 is 1.63 bits per heavy atom. The molecule has 0 aliphatic carbocycles. The van der Waals surface area contributed by atoms with Gasteiger partial charge in [-0.3, -0.25) is 14.6 Å². The van der Waals surface area contributed by atoms with Crippen LogP contribution < -0.4 is 18.9 Å². The predicted molar refractivity (Wildman–Crippen MR) is 141 cm³/mol. The fourth-order valence-electron chi connectivity index (χ4n) is 4.41. The fourth-order valence-corrected chi connectivity index (χ4v) is 4.58. The van der Waals surface area contributed by atoms with Crippen LogP contribution in [0.4, 0.5) is 0 Å². The molecule has 1 unspecified atom stereocenters. The number of rotatable bonds is 9. The predicted octanol–water partition coefficient (Wildman–Crippen LogP) is 4.78. The molecule has 1 amide bonds. The van der Waals surface area contributed by atoms with Crippen LogP contribution >= 0.6 is 11.6 Å². The second-order valence-electron chi connectivity index (χ2n) is 8.32. The maximum atomic E-state index is 13.4. The van der Waals surface area contributed by atoms with Gasteiger partial charge < -0.3 is 29.0 Å². The van der Waals surface area contributed by atoms with Crippen molar-refractivity contribution in [1.29, 1.82) is 0 Å². The van der Waals surface area contributed by atoms with E-state index in [-0.39, 0.29) is 23.4 Å². The number of aliphatic hydroxyl groups is 1. The van der Waals surface area contributed by atoms with Crippen LogP contribution in [0.1, 0.15) is 29.7 Å². The second-order valence-corrected chi connectivity index (χ2v) is 8.73. The van der Waals surface area contributed by atoms with Crippen LogP contribution in [0.5, 0.6) is 23.0 Å². The molecule has 0 radical (unpaired) electrons. The standard InChI is InChI=1S/C28H27ClN2O7/c1-5-38-20-12-17(6-7-19(20)29)25(32)23-24(18-13-21(35-2)27(37-4)22(14-18)36-3)31(28(34)26(23)33)15-16-8-10-30-11-9-16/h6-14,24,32H,5,15H2,1-4H3/b25-23+. The summed E-state index contributed by atoms with van der Waals surface area (Å²) in [5, 5.41) is 11.8. The quantitative estimate of drug-likeness (QED) is 0.235. The summed E-state index contributed by atoms with van der Waals surface area (Å²) in [5.74, 6) is -0.596. The van der Waals surface area contributed by atoms with Crippen LogP contribution in [0.3, 0.4) is 0 Å². The average Bonchev–Trinajstić information content (AvgIpc) is 3.18. The minimum absolute atomic E-state index is 0.0933. The Morgan fingerprint density at radius 1 is 0.974 bits per heavy atom. The molecule has 2 aromatic carbocycles. The third-order valence-electron chi connectivity index (χ3n) is 6.15. The number of ether oxygens (including phenoxy) is 4. The molecule has 0 bridgehead atoms. The Morgan fingerprint density at radius 3 is 2.21 bits per heavy atom. The topological polar surface area (TPSA) is 107 Å². The Balaban J connectivity index is 1.95. The lowest BCUT2D eigenvalue weighted by atomic mass is 9.94. The molecular formula is C28H27ClN2O7. The molecule has 1 fully saturated rings. The third-order valence-corrected chi connectivity index (χ3v) is 6.46. The minimum Gasteiger partial charge on any atom is -0.507 e. The van der Waals surface area contributed by atoms with Crippen molar-refractivity contribution >= 4 is 29.1 Å². The van der Waals surface area contributed by atoms with Crippen molar-refractivity contribution in [3.8, 4) is 23.0 Å². The van der Waals surface area contributed by atoms with Gasteiger partial charge in [0.1, 0.15) is 11.5 Å². The highest BCUT2D eigenvalue weighted by atomic mass is 35.5. The number of hydrogen-bond acceptors (Lipinski definition) is 8. The molecule has 4 rings (SSSR count). The van der Waals surface area contributed by atoms with Gasteiger partial charge in [0.2, 0.25) is 5.75 Å². The summed E-state index contributed by atoms with van der Waals surface area (Å²) >= 11 is 6.23. The van der Waals surface area contributed by atoms with E-state index in [1.165, 1.54) is 32.3 Å². The molecule has 38 heavy (non-hydrogen) atoms. The van der Waals surface area contributed by atoms with Crippen LogP contribution in [-0.2, 0) is 16.1 Å². The highest BCUT2D eigenvalue weighted by Crippen LogP contribution is 2.46. The first kappa shape index (κ1) is 26.8. The largest absolute Gasteiger partial charge is 0.507 e. The zero-order valence-corrected chi connectivity index (χ0v) is 22.1. The highest BCUT2D eigenvalue weighted by Gasteiger charge is 2.46. The molecular weight excluding hydrogens is 512 g/mol. The number of aromatic nitrogens is 1. The molecule has 1 aliphatic heterocycles. The van der Waals surface area contributed by atoms with Gasteiger partial charge in [-0.05, 0) is 60.5 Å². The Labute approximate surface area is 225 Å². The summed E-state index contributed by atoms with van der Waals surface area (Å²) in [6, 6.07) is 10.5. The lowest BCUT2D eigenvalue weighted by molar-refractivity contribution is -0.140. The van der Waals surface area contributed by atoms with Gasteiger partial charge in [0.15, 0.2) is 11.5 Å². The van der Waals surface area contributed by atoms with E-state index in [1.807, 2.05) is 0 Å². The number of amides is 1. The maximum absolute atomic E-state index is 13.4. The summed E-state index contributed by atoms with van der Waals surface area (Å²) in [6.45, 7) is 2.25. The van der Waals surface area contributed by atoms with Crippen LogP contribution in [0.2, 0.25) is 5.02 Å². The van der Waals surface area contributed by atoms with Crippen molar-refractivity contribution in [3.05, 3.63) is 82.1 Å². The number of nitrogens with zero attached hydrogens (tertiary/aromatic N) is 2. The van der Waals surface area contributed by atoms with E-state index in [4.69, 9.17) is 30.5 Å². The van der Waals surface area contributed by atoms with Crippen LogP contribution in [0, 0.1) is 0 Å². The van der Waals surface area contributed by atoms with Crippen molar-refractivity contribution in [2.75, 3.05) is 27.9 Å². The Hall–Kier alpha value is -4.24. The number of methoxy groups -OCH3 is 3. The van der Waals surface area contributed by atoms with E-state index in [1.54, 1.807) is 55.7 Å². The number of likely N-dealkylation sites (tertiary alicyclic amines) is 1. The zero-order chi connectivity index (χ0) is 27.4. The lowest BCUT2D eigenvalue weighted by Gasteiger charge is -2.26. The van der Waals surface area contributed by atoms with Gasteiger partial charge in [0, 0.05) is 24.5 Å². The van der Waals surface area contributed by atoms with Crippen molar-refractivity contribution in [2.24, 2.45) is 0 Å². The van der Waals surface area contributed by atoms with Crippen molar-refractivity contribution in [3.63, 3.8) is 0 Å². The molecule has 1 aromatic heterocycles. The Kier molecular flexibility index (Phi) is 8.07. The van der Waals surface area contributed by atoms with Crippen LogP contribution in [0.15, 0.2) is 60.4 Å². The van der Waals surface area contributed by atoms with Gasteiger partial charge in [-0.15, -0.1) is 0 Å². The monoisotopic (exact) mass is 538 g/mol. The maximum Gasteiger partial charge on any atom is 0.295 e. The van der Waals surface area contributed by atoms with Gasteiger partial charge in [-0.25, -0.2) is 0 Å². The molecule has 3 aromatic rings. The molecule has 10 heteroatoms. The van der Waals surface area contributed by atoms with Gasteiger partial charge in [0.05, 0.1) is 44.6 Å². The number of halogens is 1. The number of hydrogen-bond donors (Lipinski definition) is 1. The average molecular weight is 539 g/mol. The van der Waals surface area contributed by atoms with Crippen molar-refractivity contribution in [1.82, 2.24) is 9.88 Å². The molecule has 1 saturated heterocycles. The molecule has 198 valence electrons. The summed E-state index contributed by atoms with van der Waals surface area (Å²) in [6.07, 6.45) is 3.20. The number of Topliss-reactive ketones (excluding diaryl/α,β-unsaturated/α-hetero) is 1. The van der Waals surface area contributed by atoms with E-state index in [0.717, 1.165) is 5.56 Å². The minimum atomic E-state index is -0.969. The van der Waals surface area contributed by atoms with Crippen LogP contribution in [-0.4, -0.2) is 54.6 Å². The number of carbonyl (C=O) groups excluding carboxylic acids is 2. The van der Waals surface area contributed by atoms with E-state index < -0.39 is 17.7 Å². The lowest BCUT2D eigenvalue weighted by Crippen LogP contribution is -2.29. The first-order valence-corrected chi connectivity index (χ1v) is 12.1. The summed E-state index contributed by atoms with van der Waals surface area (Å²) < 4.78 is 22.0. The van der Waals surface area contributed by atoms with E-state index in [0.29, 0.717) is 40.2 Å². The van der Waals surface area contributed by atoms with Crippen molar-refractivity contribution in [2.45, 2.75) is 19.5 Å². The van der Waals surface area contributed by atoms with E-state index in [2.05, 4.69) is 4.98 Å². The molecule has 0 spiro atoms. The zero-order valence-electron chi connectivity index (χ0n) is 21.4. The van der Waals surface area contributed by atoms with Crippen LogP contribution in [0.25, 0.3) is 5.76 Å². The molecule has 1 aliphatic rings. The van der Waals surface area contributed by atoms with E-state index in [9.17, 15) is 14.7 Å². The van der Waals surface area contributed by atoms with Crippen molar-refractivity contribution < 1.29 is 33.6 Å². The number of ketones is 1. The van der Waals surface area contributed by atoms with Gasteiger partial charge in [-0.1, -0.05) is 11.6 Å². The summed E-state index contributed by atoms with van der Waals surface area (Å²) in [4.78, 5) is 32.2. The molecule has 2 heterocycles. The fraction of sp³-hybridized carbons (Fsp3) is 0.250. The number of benzene rings is 2. The number of pyridine rings is 1. The number of aliphatic hydroxyl groups excluding tert-OH is 1. The number of carbonyl (C=O) groups is 2. The summed E-state index contributed by atoms with van der Waals surface area (Å²) in [5.41, 5.74) is 1.41. The van der Waals surface area contributed by atoms with Gasteiger partial charge in [-0.2, -0.15) is 0 Å². The van der Waals surface area contributed by atoms with E-state index >= 15 is 0 Å². The summed E-state index contributed by atoms with van der Waals surface area (Å²) in [7, 11) is 4.42. The smallest absolute Gasteiger partial charge is 0.295 e. The molecule has 1 atom stereocenters. The SMILES string of the molecule is CCOc1cc(/C(O)=C2\C(=O)C(=O)N(Cc3ccncc3)C2c2cc(OC)c(OC)c(OC)c2)ccc1Cl. The first-order chi connectivity index (χ1) is 18.3. The Bertz CT molecular complexity index is 1370. The third kappa shape index (κ3) is 4.97. The first-order valence-electron chi connectivity index (χ1n) is 11.7. The van der Waals surface area contributed by atoms with Gasteiger partial charge in [0.25, 0.3) is 11.7 Å². The second kappa shape index (κ2) is 11.4. The van der Waals surface area contributed by atoms with Gasteiger partial charge >= 0.3 is 0 Å². The molecule has 0 saturated carbocycles. The molecule has 1 N–H and O–H groups in total.